The molecule has 28 heavy (non-hydrogen) atoms. The first-order valence-electron chi connectivity index (χ1n) is 9.35. The van der Waals surface area contributed by atoms with Crippen LogP contribution in [-0.2, 0) is 6.54 Å². The highest BCUT2D eigenvalue weighted by atomic mass is 16.1. The molecule has 0 aliphatic heterocycles. The summed E-state index contributed by atoms with van der Waals surface area (Å²) >= 11 is 0. The number of H-pyrrole nitrogens is 1. The lowest BCUT2D eigenvalue weighted by atomic mass is 10.2. The Labute approximate surface area is 162 Å². The maximum absolute atomic E-state index is 12.4. The van der Waals surface area contributed by atoms with Crippen LogP contribution in [0, 0.1) is 0 Å². The second kappa shape index (κ2) is 7.96. The van der Waals surface area contributed by atoms with E-state index < -0.39 is 0 Å². The summed E-state index contributed by atoms with van der Waals surface area (Å²) in [5, 5.41) is 11.3. The minimum absolute atomic E-state index is 0.214. The Balaban J connectivity index is 1.55. The van der Waals surface area contributed by atoms with E-state index in [0.29, 0.717) is 23.5 Å². The molecule has 0 aliphatic carbocycles. The first kappa shape index (κ1) is 17.8. The molecule has 2 aromatic carbocycles. The minimum atomic E-state index is -0.214. The van der Waals surface area contributed by atoms with E-state index in [9.17, 15) is 4.79 Å². The molecule has 0 aliphatic rings. The SMILES string of the molecule is CCCNc1ccc(CNc2nc3c(cnn3-c3ccccc3)c(=O)[nH]2)cc1. The molecule has 0 amide bonds. The van der Waals surface area contributed by atoms with E-state index in [-0.39, 0.29) is 5.56 Å². The lowest BCUT2D eigenvalue weighted by molar-refractivity contribution is 0.893. The number of rotatable bonds is 7. The van der Waals surface area contributed by atoms with Gasteiger partial charge in [-0.05, 0) is 36.2 Å². The summed E-state index contributed by atoms with van der Waals surface area (Å²) in [6.07, 6.45) is 2.63. The van der Waals surface area contributed by atoms with Crippen LogP contribution in [0.4, 0.5) is 11.6 Å². The van der Waals surface area contributed by atoms with Gasteiger partial charge in [0.15, 0.2) is 5.65 Å². The molecule has 7 nitrogen and oxygen atoms in total. The molecular formula is C21H22N6O. The molecule has 0 saturated heterocycles. The molecule has 3 N–H and O–H groups in total. The van der Waals surface area contributed by atoms with Crippen LogP contribution in [0.25, 0.3) is 16.7 Å². The summed E-state index contributed by atoms with van der Waals surface area (Å²) in [5.74, 6) is 0.420. The van der Waals surface area contributed by atoms with Crippen molar-refractivity contribution in [3.8, 4) is 5.69 Å². The third kappa shape index (κ3) is 3.73. The van der Waals surface area contributed by atoms with Crippen molar-refractivity contribution in [1.82, 2.24) is 19.7 Å². The molecular weight excluding hydrogens is 352 g/mol. The van der Waals surface area contributed by atoms with Gasteiger partial charge >= 0.3 is 0 Å². The van der Waals surface area contributed by atoms with Gasteiger partial charge in [-0.25, -0.2) is 4.68 Å². The largest absolute Gasteiger partial charge is 0.385 e. The quantitative estimate of drug-likeness (QED) is 0.460. The van der Waals surface area contributed by atoms with Crippen LogP contribution in [0.1, 0.15) is 18.9 Å². The Morgan fingerprint density at radius 1 is 1.04 bits per heavy atom. The van der Waals surface area contributed by atoms with Gasteiger partial charge in [-0.3, -0.25) is 9.78 Å². The Hall–Kier alpha value is -3.61. The predicted molar refractivity (Wildman–Crippen MR) is 112 cm³/mol. The lowest BCUT2D eigenvalue weighted by Gasteiger charge is -2.08. The maximum Gasteiger partial charge on any atom is 0.263 e. The van der Waals surface area contributed by atoms with Crippen LogP contribution >= 0.6 is 0 Å². The number of aromatic nitrogens is 4. The third-order valence-corrected chi connectivity index (χ3v) is 4.43. The van der Waals surface area contributed by atoms with Crippen LogP contribution in [0.5, 0.6) is 0 Å². The number of aromatic amines is 1. The van der Waals surface area contributed by atoms with Crippen LogP contribution in [0.15, 0.2) is 65.6 Å². The van der Waals surface area contributed by atoms with Gasteiger partial charge in [0, 0.05) is 18.8 Å². The molecule has 7 heteroatoms. The van der Waals surface area contributed by atoms with E-state index in [2.05, 4.69) is 56.9 Å². The van der Waals surface area contributed by atoms with Crippen molar-refractivity contribution in [3.05, 3.63) is 76.7 Å². The molecule has 0 atom stereocenters. The van der Waals surface area contributed by atoms with Crippen molar-refractivity contribution in [2.75, 3.05) is 17.2 Å². The summed E-state index contributed by atoms with van der Waals surface area (Å²) in [6, 6.07) is 17.8. The van der Waals surface area contributed by atoms with Gasteiger partial charge in [0.25, 0.3) is 5.56 Å². The zero-order valence-electron chi connectivity index (χ0n) is 15.6. The molecule has 0 bridgehead atoms. The van der Waals surface area contributed by atoms with E-state index in [1.807, 2.05) is 30.3 Å². The molecule has 142 valence electrons. The third-order valence-electron chi connectivity index (χ3n) is 4.43. The summed E-state index contributed by atoms with van der Waals surface area (Å²) in [6.45, 7) is 3.65. The van der Waals surface area contributed by atoms with Crippen molar-refractivity contribution in [2.24, 2.45) is 0 Å². The maximum atomic E-state index is 12.4. The molecule has 0 radical (unpaired) electrons. The molecule has 0 fully saturated rings. The zero-order chi connectivity index (χ0) is 19.3. The first-order chi connectivity index (χ1) is 13.7. The fourth-order valence-corrected chi connectivity index (χ4v) is 2.96. The molecule has 0 spiro atoms. The van der Waals surface area contributed by atoms with Crippen LogP contribution in [0.2, 0.25) is 0 Å². The average Bonchev–Trinajstić information content (AvgIpc) is 3.17. The van der Waals surface area contributed by atoms with E-state index in [1.54, 1.807) is 10.9 Å². The van der Waals surface area contributed by atoms with Crippen molar-refractivity contribution in [3.63, 3.8) is 0 Å². The fraction of sp³-hybridized carbons (Fsp3) is 0.190. The van der Waals surface area contributed by atoms with E-state index in [4.69, 9.17) is 0 Å². The summed E-state index contributed by atoms with van der Waals surface area (Å²) < 4.78 is 1.67. The summed E-state index contributed by atoms with van der Waals surface area (Å²) in [4.78, 5) is 19.8. The minimum Gasteiger partial charge on any atom is -0.385 e. The van der Waals surface area contributed by atoms with E-state index in [0.717, 1.165) is 29.9 Å². The lowest BCUT2D eigenvalue weighted by Crippen LogP contribution is -2.13. The molecule has 2 aromatic heterocycles. The second-order valence-corrected chi connectivity index (χ2v) is 6.52. The topological polar surface area (TPSA) is 87.6 Å². The summed E-state index contributed by atoms with van der Waals surface area (Å²) in [5.41, 5.74) is 3.37. The van der Waals surface area contributed by atoms with E-state index in [1.165, 1.54) is 0 Å². The second-order valence-electron chi connectivity index (χ2n) is 6.52. The van der Waals surface area contributed by atoms with Gasteiger partial charge in [0.2, 0.25) is 5.95 Å². The van der Waals surface area contributed by atoms with Crippen molar-refractivity contribution in [2.45, 2.75) is 19.9 Å². The number of para-hydroxylation sites is 1. The number of fused-ring (bicyclic) bond motifs is 1. The van der Waals surface area contributed by atoms with E-state index >= 15 is 0 Å². The van der Waals surface area contributed by atoms with Crippen molar-refractivity contribution >= 4 is 22.7 Å². The molecule has 0 saturated carbocycles. The molecule has 4 rings (SSSR count). The van der Waals surface area contributed by atoms with Gasteiger partial charge in [-0.15, -0.1) is 0 Å². The number of nitrogens with one attached hydrogen (secondary N) is 3. The Morgan fingerprint density at radius 3 is 2.57 bits per heavy atom. The van der Waals surface area contributed by atoms with Gasteiger partial charge in [-0.1, -0.05) is 37.3 Å². The number of hydrogen-bond donors (Lipinski definition) is 3. The van der Waals surface area contributed by atoms with Gasteiger partial charge < -0.3 is 10.6 Å². The number of nitrogens with zero attached hydrogens (tertiary/aromatic N) is 3. The fourth-order valence-electron chi connectivity index (χ4n) is 2.96. The van der Waals surface area contributed by atoms with Crippen LogP contribution < -0.4 is 16.2 Å². The molecule has 0 unspecified atom stereocenters. The molecule has 2 heterocycles. The van der Waals surface area contributed by atoms with Crippen LogP contribution in [0.3, 0.4) is 0 Å². The Bertz CT molecular complexity index is 1120. The summed E-state index contributed by atoms with van der Waals surface area (Å²) in [7, 11) is 0. The number of anilines is 2. The standard InChI is InChI=1S/C21H22N6O/c1-2-12-22-16-10-8-15(9-11-16)13-23-21-25-19-18(20(28)26-21)14-24-27(19)17-6-4-3-5-7-17/h3-11,14,22H,2,12-13H2,1H3,(H2,23,25,26,28). The molecule has 4 aromatic rings. The highest BCUT2D eigenvalue weighted by Crippen LogP contribution is 2.15. The highest BCUT2D eigenvalue weighted by molar-refractivity contribution is 5.76. The smallest absolute Gasteiger partial charge is 0.263 e. The van der Waals surface area contributed by atoms with Crippen molar-refractivity contribution in [1.29, 1.82) is 0 Å². The monoisotopic (exact) mass is 374 g/mol. The number of hydrogen-bond acceptors (Lipinski definition) is 5. The van der Waals surface area contributed by atoms with Gasteiger partial charge in [-0.2, -0.15) is 10.1 Å². The first-order valence-corrected chi connectivity index (χ1v) is 9.35. The van der Waals surface area contributed by atoms with Gasteiger partial charge in [0.05, 0.1) is 11.9 Å². The highest BCUT2D eigenvalue weighted by Gasteiger charge is 2.11. The normalized spacial score (nSPS) is 10.9. The van der Waals surface area contributed by atoms with Crippen molar-refractivity contribution < 1.29 is 0 Å². The van der Waals surface area contributed by atoms with Crippen LogP contribution in [-0.4, -0.2) is 26.3 Å². The van der Waals surface area contributed by atoms with Gasteiger partial charge in [0.1, 0.15) is 5.39 Å². The predicted octanol–water partition coefficient (Wildman–Crippen LogP) is 3.54. The number of benzene rings is 2. The average molecular weight is 374 g/mol. The zero-order valence-corrected chi connectivity index (χ0v) is 15.6. The Morgan fingerprint density at radius 2 is 1.82 bits per heavy atom. The Kier molecular flexibility index (Phi) is 5.05.